The zero-order chi connectivity index (χ0) is 32.2. The highest BCUT2D eigenvalue weighted by Crippen LogP contribution is 2.46. The van der Waals surface area contributed by atoms with E-state index in [9.17, 15) is 24.6 Å². The molecule has 0 radical (unpaired) electrons. The van der Waals surface area contributed by atoms with E-state index in [0.717, 1.165) is 33.4 Å². The molecule has 2 N–H and O–H groups in total. The van der Waals surface area contributed by atoms with E-state index in [0.29, 0.717) is 12.8 Å². The summed E-state index contributed by atoms with van der Waals surface area (Å²) in [6.07, 6.45) is 0.968. The predicted octanol–water partition coefficient (Wildman–Crippen LogP) is 7.95. The largest absolute Gasteiger partial charge is 0.507 e. The van der Waals surface area contributed by atoms with Crippen molar-refractivity contribution >= 4 is 17.3 Å². The molecule has 0 spiro atoms. The summed E-state index contributed by atoms with van der Waals surface area (Å²) in [5.41, 5.74) is 2.45. The van der Waals surface area contributed by atoms with Gasteiger partial charge in [0.05, 0.1) is 0 Å². The third-order valence-electron chi connectivity index (χ3n) is 8.58. The van der Waals surface area contributed by atoms with Gasteiger partial charge in [0.1, 0.15) is 11.5 Å². The summed E-state index contributed by atoms with van der Waals surface area (Å²) in [4.78, 5) is 39.6. The molecule has 0 aliphatic heterocycles. The topological polar surface area (TPSA) is 91.7 Å². The Labute approximate surface area is 253 Å². The van der Waals surface area contributed by atoms with Gasteiger partial charge in [-0.15, -0.1) is 0 Å². The first-order chi connectivity index (χ1) is 18.9. The lowest BCUT2D eigenvalue weighted by molar-refractivity contribution is -0.137. The van der Waals surface area contributed by atoms with Gasteiger partial charge in [-0.1, -0.05) is 107 Å². The van der Waals surface area contributed by atoms with Crippen molar-refractivity contribution in [3.05, 3.63) is 57.6 Å². The van der Waals surface area contributed by atoms with Crippen LogP contribution in [0.3, 0.4) is 0 Å². The number of aryl methyl sites for hydroxylation is 2. The van der Waals surface area contributed by atoms with Crippen molar-refractivity contribution in [2.24, 2.45) is 5.41 Å². The molecule has 230 valence electrons. The van der Waals surface area contributed by atoms with E-state index >= 15 is 0 Å². The molecule has 5 heteroatoms. The Morgan fingerprint density at radius 1 is 0.595 bits per heavy atom. The summed E-state index contributed by atoms with van der Waals surface area (Å²) < 4.78 is 0. The standard InChI is InChI=1S/C37H52O5/c1-33(2,3)24-17-22(18-25(31(24)41)34(4,5)6)13-15-28(38)37(21-30(37)40)29(39)16-14-23-19-26(35(7,8)9)32(42)27(20-23)36(10,11)12/h17-20,41-42H,13-16,21H2,1-12H3. The molecule has 0 unspecified atom stereocenters. The van der Waals surface area contributed by atoms with Crippen molar-refractivity contribution in [2.45, 2.75) is 137 Å². The van der Waals surface area contributed by atoms with Crippen molar-refractivity contribution in [1.82, 2.24) is 0 Å². The number of aromatic hydroxyl groups is 2. The number of benzene rings is 2. The average molecular weight is 577 g/mol. The van der Waals surface area contributed by atoms with Gasteiger partial charge in [-0.25, -0.2) is 0 Å². The summed E-state index contributed by atoms with van der Waals surface area (Å²) in [7, 11) is 0. The lowest BCUT2D eigenvalue weighted by Crippen LogP contribution is -2.29. The number of carbonyl (C=O) groups is 3. The number of carbonyl (C=O) groups excluding carboxylic acids is 3. The molecule has 0 saturated heterocycles. The van der Waals surface area contributed by atoms with Crippen LogP contribution in [0.5, 0.6) is 11.5 Å². The smallest absolute Gasteiger partial charge is 0.156 e. The van der Waals surface area contributed by atoms with Crippen molar-refractivity contribution in [2.75, 3.05) is 0 Å². The van der Waals surface area contributed by atoms with Gasteiger partial charge < -0.3 is 10.2 Å². The molecule has 0 heterocycles. The highest BCUT2D eigenvalue weighted by atomic mass is 16.3. The molecule has 1 fully saturated rings. The molecule has 0 amide bonds. The zero-order valence-corrected chi connectivity index (χ0v) is 28.0. The van der Waals surface area contributed by atoms with Gasteiger partial charge in [0, 0.05) is 19.3 Å². The van der Waals surface area contributed by atoms with Crippen molar-refractivity contribution < 1.29 is 24.6 Å². The maximum absolute atomic E-state index is 13.5. The third-order valence-corrected chi connectivity index (χ3v) is 8.58. The average Bonchev–Trinajstić information content (AvgIpc) is 3.51. The summed E-state index contributed by atoms with van der Waals surface area (Å²) >= 11 is 0. The highest BCUT2D eigenvalue weighted by molar-refractivity contribution is 6.35. The summed E-state index contributed by atoms with van der Waals surface area (Å²) in [6, 6.07) is 7.80. The van der Waals surface area contributed by atoms with Crippen molar-refractivity contribution in [1.29, 1.82) is 0 Å². The maximum Gasteiger partial charge on any atom is 0.156 e. The first-order valence-corrected chi connectivity index (χ1v) is 15.2. The first kappa shape index (κ1) is 33.6. The summed E-state index contributed by atoms with van der Waals surface area (Å²) in [5.74, 6) is -0.334. The summed E-state index contributed by atoms with van der Waals surface area (Å²) in [5, 5.41) is 22.1. The van der Waals surface area contributed by atoms with E-state index in [-0.39, 0.29) is 69.8 Å². The van der Waals surface area contributed by atoms with Crippen LogP contribution in [0.2, 0.25) is 0 Å². The van der Waals surface area contributed by atoms with E-state index in [4.69, 9.17) is 0 Å². The van der Waals surface area contributed by atoms with E-state index in [1.54, 1.807) is 0 Å². The number of hydrogen-bond acceptors (Lipinski definition) is 5. The Morgan fingerprint density at radius 2 is 0.833 bits per heavy atom. The van der Waals surface area contributed by atoms with E-state index in [1.807, 2.05) is 107 Å². The molecule has 1 aliphatic carbocycles. The number of rotatable bonds is 8. The number of phenols is 2. The van der Waals surface area contributed by atoms with E-state index in [1.165, 1.54) is 0 Å². The quantitative estimate of drug-likeness (QED) is 0.311. The van der Waals surface area contributed by atoms with Crippen LogP contribution < -0.4 is 0 Å². The molecule has 0 bridgehead atoms. The van der Waals surface area contributed by atoms with Crippen LogP contribution in [0.15, 0.2) is 24.3 Å². The van der Waals surface area contributed by atoms with Gasteiger partial charge in [0.15, 0.2) is 22.8 Å². The Morgan fingerprint density at radius 3 is 1.02 bits per heavy atom. The Kier molecular flexibility index (Phi) is 8.75. The molecule has 0 atom stereocenters. The Balaban J connectivity index is 1.83. The SMILES string of the molecule is CC(C)(C)c1cc(CCC(=O)C2(C(=O)CCc3cc(C(C)(C)C)c(O)c(C(C)(C)C)c3)CC2=O)cc(C(C)(C)C)c1O. The van der Waals surface area contributed by atoms with Gasteiger partial charge in [-0.2, -0.15) is 0 Å². The van der Waals surface area contributed by atoms with Crippen LogP contribution in [-0.2, 0) is 48.9 Å². The van der Waals surface area contributed by atoms with Gasteiger partial charge in [0.25, 0.3) is 0 Å². The van der Waals surface area contributed by atoms with Gasteiger partial charge in [-0.3, -0.25) is 14.4 Å². The number of hydrogen-bond donors (Lipinski definition) is 2. The monoisotopic (exact) mass is 576 g/mol. The fourth-order valence-corrected chi connectivity index (χ4v) is 5.77. The fraction of sp³-hybridized carbons (Fsp3) is 0.595. The van der Waals surface area contributed by atoms with Crippen LogP contribution in [0.1, 0.15) is 136 Å². The number of ketones is 3. The maximum atomic E-state index is 13.5. The van der Waals surface area contributed by atoms with Gasteiger partial charge in [0.2, 0.25) is 0 Å². The minimum absolute atomic E-state index is 0.0171. The molecule has 2 aromatic rings. The molecular formula is C37H52O5. The zero-order valence-electron chi connectivity index (χ0n) is 28.0. The normalized spacial score (nSPS) is 15.6. The van der Waals surface area contributed by atoms with Crippen LogP contribution in [0.25, 0.3) is 0 Å². The second-order valence-electron chi connectivity index (χ2n) is 16.4. The van der Waals surface area contributed by atoms with Crippen LogP contribution in [0.4, 0.5) is 0 Å². The minimum atomic E-state index is -1.52. The second-order valence-corrected chi connectivity index (χ2v) is 16.4. The minimum Gasteiger partial charge on any atom is -0.507 e. The van der Waals surface area contributed by atoms with Crippen LogP contribution in [-0.4, -0.2) is 27.6 Å². The molecular weight excluding hydrogens is 524 g/mol. The highest BCUT2D eigenvalue weighted by Gasteiger charge is 2.63. The first-order valence-electron chi connectivity index (χ1n) is 15.2. The molecule has 1 saturated carbocycles. The number of phenolic OH excluding ortho intramolecular Hbond substituents is 2. The van der Waals surface area contributed by atoms with Crippen LogP contribution in [0, 0.1) is 5.41 Å². The van der Waals surface area contributed by atoms with Gasteiger partial charge >= 0.3 is 0 Å². The molecule has 1 aliphatic rings. The van der Waals surface area contributed by atoms with Crippen molar-refractivity contribution in [3.8, 4) is 11.5 Å². The summed E-state index contributed by atoms with van der Waals surface area (Å²) in [6.45, 7) is 24.5. The lowest BCUT2D eigenvalue weighted by Gasteiger charge is -2.28. The molecule has 0 aromatic heterocycles. The third kappa shape index (κ3) is 6.82. The lowest BCUT2D eigenvalue weighted by atomic mass is 9.77. The van der Waals surface area contributed by atoms with E-state index < -0.39 is 5.41 Å². The fourth-order valence-electron chi connectivity index (χ4n) is 5.77. The van der Waals surface area contributed by atoms with Gasteiger partial charge in [-0.05, 0) is 67.9 Å². The molecule has 2 aromatic carbocycles. The second kappa shape index (κ2) is 11.0. The van der Waals surface area contributed by atoms with Crippen LogP contribution >= 0.6 is 0 Å². The molecule has 3 rings (SSSR count). The van der Waals surface area contributed by atoms with Crippen molar-refractivity contribution in [3.63, 3.8) is 0 Å². The Bertz CT molecular complexity index is 1230. The molecule has 42 heavy (non-hydrogen) atoms. The Hall–Kier alpha value is -2.95. The molecule has 5 nitrogen and oxygen atoms in total. The van der Waals surface area contributed by atoms with E-state index in [2.05, 4.69) is 0 Å². The number of Topliss-reactive ketones (excluding diaryl/α,β-unsaturated/α-hetero) is 3. The predicted molar refractivity (Wildman–Crippen MR) is 170 cm³/mol.